The molecule has 2 aromatic carbocycles. The van der Waals surface area contributed by atoms with Crippen LogP contribution in [-0.4, -0.2) is 36.9 Å². The minimum atomic E-state index is -5.87. The second kappa shape index (κ2) is 9.23. The van der Waals surface area contributed by atoms with Gasteiger partial charge in [-0.05, 0) is 36.0 Å². The Morgan fingerprint density at radius 1 is 1.09 bits per heavy atom. The Bertz CT molecular complexity index is 1130. The number of rotatable bonds is 7. The van der Waals surface area contributed by atoms with Crippen LogP contribution in [0.1, 0.15) is 0 Å². The van der Waals surface area contributed by atoms with Gasteiger partial charge >= 0.3 is 16.7 Å². The molecule has 0 aromatic heterocycles. The molecule has 0 heterocycles. The number of nitrogens with one attached hydrogen (secondary N) is 1. The number of alkyl halides is 6. The van der Waals surface area contributed by atoms with E-state index in [-0.39, 0.29) is 16.6 Å². The molecule has 0 aliphatic carbocycles. The van der Waals surface area contributed by atoms with Crippen LogP contribution in [0.15, 0.2) is 52.3 Å². The van der Waals surface area contributed by atoms with Crippen molar-refractivity contribution >= 4 is 38.9 Å². The number of benzene rings is 2. The summed E-state index contributed by atoms with van der Waals surface area (Å²) in [7, 11) is -5.87. The average Bonchev–Trinajstić information content (AvgIpc) is 2.65. The fourth-order valence-electron chi connectivity index (χ4n) is 2.18. The Balaban J connectivity index is 2.19. The van der Waals surface area contributed by atoms with Gasteiger partial charge in [0.25, 0.3) is 15.7 Å². The van der Waals surface area contributed by atoms with E-state index in [0.717, 1.165) is 12.1 Å². The van der Waals surface area contributed by atoms with Gasteiger partial charge in [0.15, 0.2) is 12.4 Å². The number of halogens is 6. The number of anilines is 1. The topological polar surface area (TPSA) is 116 Å². The molecule has 1 N–H and O–H groups in total. The Hall–Kier alpha value is -3.01. The highest BCUT2D eigenvalue weighted by Gasteiger charge is 2.47. The number of nitrogens with zero attached hydrogens (tertiary/aromatic N) is 1. The van der Waals surface area contributed by atoms with Crippen molar-refractivity contribution in [1.82, 2.24) is 0 Å². The summed E-state index contributed by atoms with van der Waals surface area (Å²) >= 11 is -0.498. The molecule has 16 heteroatoms. The molecule has 8 nitrogen and oxygen atoms in total. The van der Waals surface area contributed by atoms with E-state index in [1.54, 1.807) is 0 Å². The van der Waals surface area contributed by atoms with Crippen LogP contribution in [0.4, 0.5) is 37.7 Å². The van der Waals surface area contributed by atoms with Crippen molar-refractivity contribution in [2.45, 2.75) is 20.8 Å². The van der Waals surface area contributed by atoms with Crippen molar-refractivity contribution in [2.24, 2.45) is 0 Å². The summed E-state index contributed by atoms with van der Waals surface area (Å²) in [5.74, 6) is -1.77. The van der Waals surface area contributed by atoms with Gasteiger partial charge in [0.2, 0.25) is 0 Å². The summed E-state index contributed by atoms with van der Waals surface area (Å²) in [6.07, 6.45) is 0. The van der Waals surface area contributed by atoms with E-state index in [2.05, 4.69) is 5.32 Å². The quantitative estimate of drug-likeness (QED) is 0.255. The van der Waals surface area contributed by atoms with E-state index in [4.69, 9.17) is 4.74 Å². The molecule has 32 heavy (non-hydrogen) atoms. The van der Waals surface area contributed by atoms with E-state index in [1.807, 2.05) is 0 Å². The lowest BCUT2D eigenvalue weighted by atomic mass is 10.3. The van der Waals surface area contributed by atoms with Gasteiger partial charge < -0.3 is 10.1 Å². The molecule has 0 saturated heterocycles. The molecule has 0 atom stereocenters. The zero-order valence-corrected chi connectivity index (χ0v) is 16.9. The summed E-state index contributed by atoms with van der Waals surface area (Å²) in [6.45, 7) is -0.975. The fraction of sp³-hybridized carbons (Fsp3) is 0.188. The zero-order valence-electron chi connectivity index (χ0n) is 15.2. The molecule has 0 bridgehead atoms. The van der Waals surface area contributed by atoms with Crippen LogP contribution in [0.3, 0.4) is 0 Å². The summed E-state index contributed by atoms with van der Waals surface area (Å²) in [5, 5.41) is 13.2. The van der Waals surface area contributed by atoms with Gasteiger partial charge in [-0.25, -0.2) is 8.42 Å². The molecule has 0 radical (unpaired) electrons. The van der Waals surface area contributed by atoms with Gasteiger partial charge in [0.05, 0.1) is 15.5 Å². The Kier molecular flexibility index (Phi) is 7.29. The van der Waals surface area contributed by atoms with Gasteiger partial charge in [0, 0.05) is 11.0 Å². The van der Waals surface area contributed by atoms with Gasteiger partial charge in [0.1, 0.15) is 0 Å². The van der Waals surface area contributed by atoms with Gasteiger partial charge in [-0.1, -0.05) is 12.1 Å². The summed E-state index contributed by atoms with van der Waals surface area (Å²) in [4.78, 5) is 20.1. The lowest BCUT2D eigenvalue weighted by Crippen LogP contribution is -2.23. The van der Waals surface area contributed by atoms with Crippen LogP contribution < -0.4 is 10.1 Å². The number of hydrogen-bond acceptors (Lipinski definition) is 7. The number of ether oxygens (including phenoxy) is 1. The van der Waals surface area contributed by atoms with Crippen molar-refractivity contribution < 1.29 is 49.2 Å². The fourth-order valence-corrected chi connectivity index (χ4v) is 3.58. The number of carbonyl (C=O) groups excluding carboxylic acids is 1. The monoisotopic (exact) mass is 504 g/mol. The Morgan fingerprint density at radius 3 is 2.28 bits per heavy atom. The lowest BCUT2D eigenvalue weighted by molar-refractivity contribution is -0.386. The van der Waals surface area contributed by atoms with Crippen LogP contribution in [0.25, 0.3) is 0 Å². The third-order valence-electron chi connectivity index (χ3n) is 3.49. The first-order valence-electron chi connectivity index (χ1n) is 7.99. The second-order valence-electron chi connectivity index (χ2n) is 5.72. The van der Waals surface area contributed by atoms with E-state index in [0.29, 0.717) is 12.1 Å². The third-order valence-corrected chi connectivity index (χ3v) is 5.78. The van der Waals surface area contributed by atoms with Gasteiger partial charge in [-0.3, -0.25) is 14.9 Å². The zero-order chi connectivity index (χ0) is 24.3. The maximum Gasteiger partial charge on any atom is 0.501 e. The molecular weight excluding hydrogens is 494 g/mol. The van der Waals surface area contributed by atoms with E-state index in [1.165, 1.54) is 12.1 Å². The Labute approximate surface area is 179 Å². The van der Waals surface area contributed by atoms with Gasteiger partial charge in [-0.15, -0.1) is 0 Å². The molecule has 0 spiro atoms. The standard InChI is InChI=1S/C16H10F6N2O6S2/c17-15(18,19)31-13-4-2-1-3-10(13)23-14(25)8-30-12-6-5-9(7-11(12)24(26)27)32(28,29)16(20,21)22/h1-7H,8H2,(H,23,25). The number of thioether (sulfide) groups is 1. The predicted octanol–water partition coefficient (Wildman–Crippen LogP) is 4.52. The van der Waals surface area contributed by atoms with Crippen LogP contribution in [-0.2, 0) is 14.6 Å². The summed E-state index contributed by atoms with van der Waals surface area (Å²) in [5.41, 5.74) is -11.7. The number of nitro benzene ring substituents is 1. The summed E-state index contributed by atoms with van der Waals surface area (Å²) in [6, 6.07) is 5.94. The summed E-state index contributed by atoms with van der Waals surface area (Å²) < 4.78 is 103. The molecule has 2 aromatic rings. The maximum absolute atomic E-state index is 12.6. The van der Waals surface area contributed by atoms with Gasteiger partial charge in [-0.2, -0.15) is 26.3 Å². The van der Waals surface area contributed by atoms with Crippen molar-refractivity contribution in [2.75, 3.05) is 11.9 Å². The van der Waals surface area contributed by atoms with Crippen LogP contribution in [0.2, 0.25) is 0 Å². The molecule has 174 valence electrons. The molecule has 2 rings (SSSR count). The molecule has 0 saturated carbocycles. The first kappa shape index (κ1) is 25.3. The second-order valence-corrected chi connectivity index (χ2v) is 8.76. The van der Waals surface area contributed by atoms with E-state index < -0.39 is 66.4 Å². The third kappa shape index (κ3) is 6.25. The number of amides is 1. The molecular formula is C16H10F6N2O6S2. The number of nitro groups is 1. The maximum atomic E-state index is 12.6. The molecule has 0 unspecified atom stereocenters. The molecule has 0 fully saturated rings. The van der Waals surface area contributed by atoms with Crippen molar-refractivity contribution in [3.8, 4) is 5.75 Å². The Morgan fingerprint density at radius 2 is 1.72 bits per heavy atom. The van der Waals surface area contributed by atoms with E-state index in [9.17, 15) is 49.7 Å². The molecule has 1 amide bonds. The number of hydrogen-bond donors (Lipinski definition) is 1. The smallest absolute Gasteiger partial charge is 0.477 e. The number of para-hydroxylation sites is 1. The number of sulfone groups is 1. The van der Waals surface area contributed by atoms with Crippen molar-refractivity contribution in [3.63, 3.8) is 0 Å². The highest BCUT2D eigenvalue weighted by Crippen LogP contribution is 2.40. The molecule has 0 aliphatic heterocycles. The molecule has 0 aliphatic rings. The predicted molar refractivity (Wildman–Crippen MR) is 98.8 cm³/mol. The first-order chi connectivity index (χ1) is 14.6. The average molecular weight is 504 g/mol. The first-order valence-corrected chi connectivity index (χ1v) is 10.3. The highest BCUT2D eigenvalue weighted by molar-refractivity contribution is 8.00. The minimum Gasteiger partial charge on any atom is -0.477 e. The largest absolute Gasteiger partial charge is 0.501 e. The van der Waals surface area contributed by atoms with Crippen molar-refractivity contribution in [1.29, 1.82) is 0 Å². The normalized spacial score (nSPS) is 12.3. The van der Waals surface area contributed by atoms with Crippen LogP contribution in [0.5, 0.6) is 5.75 Å². The number of carbonyl (C=O) groups is 1. The SMILES string of the molecule is O=C(COc1ccc(S(=O)(=O)C(F)(F)F)cc1[N+](=O)[O-])Nc1ccccc1SC(F)(F)F. The highest BCUT2D eigenvalue weighted by atomic mass is 32.2. The minimum absolute atomic E-state index is 0.116. The van der Waals surface area contributed by atoms with Crippen LogP contribution >= 0.6 is 11.8 Å². The van der Waals surface area contributed by atoms with Crippen LogP contribution in [0, 0.1) is 10.1 Å². The lowest BCUT2D eigenvalue weighted by Gasteiger charge is -2.13. The van der Waals surface area contributed by atoms with Crippen molar-refractivity contribution in [3.05, 3.63) is 52.6 Å². The van der Waals surface area contributed by atoms with E-state index >= 15 is 0 Å².